The smallest absolute Gasteiger partial charge is 0.244 e. The van der Waals surface area contributed by atoms with Crippen molar-refractivity contribution in [3.05, 3.63) is 5.82 Å². The van der Waals surface area contributed by atoms with Crippen molar-refractivity contribution < 1.29 is 9.53 Å². The SMILES string of the molecule is CC(Nc1nc(C(C)(C)C)ns1)C(=O)N1CCOCC1. The van der Waals surface area contributed by atoms with Crippen molar-refractivity contribution in [1.29, 1.82) is 0 Å². The molecule has 0 radical (unpaired) electrons. The van der Waals surface area contributed by atoms with Crippen LogP contribution in [0.5, 0.6) is 0 Å². The lowest BCUT2D eigenvalue weighted by Crippen LogP contribution is -2.47. The summed E-state index contributed by atoms with van der Waals surface area (Å²) in [6.07, 6.45) is 0. The van der Waals surface area contributed by atoms with Gasteiger partial charge >= 0.3 is 0 Å². The number of hydrogen-bond donors (Lipinski definition) is 1. The van der Waals surface area contributed by atoms with E-state index in [1.807, 2.05) is 11.8 Å². The lowest BCUT2D eigenvalue weighted by molar-refractivity contribution is -0.135. The molecule has 1 saturated heterocycles. The van der Waals surface area contributed by atoms with Crippen molar-refractivity contribution in [3.8, 4) is 0 Å². The molecular weight excluding hydrogens is 276 g/mol. The Morgan fingerprint density at radius 3 is 2.60 bits per heavy atom. The van der Waals surface area contributed by atoms with E-state index in [1.54, 1.807) is 0 Å². The van der Waals surface area contributed by atoms with Crippen molar-refractivity contribution in [2.24, 2.45) is 0 Å². The lowest BCUT2D eigenvalue weighted by atomic mass is 9.96. The summed E-state index contributed by atoms with van der Waals surface area (Å²) in [5, 5.41) is 3.84. The van der Waals surface area contributed by atoms with Crippen molar-refractivity contribution >= 4 is 22.6 Å². The van der Waals surface area contributed by atoms with E-state index in [4.69, 9.17) is 4.74 Å². The first kappa shape index (κ1) is 15.2. The largest absolute Gasteiger partial charge is 0.378 e. The Balaban J connectivity index is 1.95. The zero-order chi connectivity index (χ0) is 14.8. The van der Waals surface area contributed by atoms with Crippen LogP contribution in [0.15, 0.2) is 0 Å². The molecule has 1 fully saturated rings. The Bertz CT molecular complexity index is 463. The van der Waals surface area contributed by atoms with Gasteiger partial charge in [0.1, 0.15) is 11.9 Å². The minimum atomic E-state index is -0.297. The average Bonchev–Trinajstić information content (AvgIpc) is 2.87. The average molecular weight is 298 g/mol. The number of rotatable bonds is 3. The van der Waals surface area contributed by atoms with E-state index in [2.05, 4.69) is 35.4 Å². The standard InChI is InChI=1S/C13H22N4O2S/c1-9(10(18)17-5-7-19-8-6-17)14-12-15-11(16-20-12)13(2,3)4/h9H,5-8H2,1-4H3,(H,14,15,16). The molecular formula is C13H22N4O2S. The first-order chi connectivity index (χ1) is 9.38. The third-order valence-electron chi connectivity index (χ3n) is 3.13. The van der Waals surface area contributed by atoms with Gasteiger partial charge in [0.2, 0.25) is 11.0 Å². The molecule has 1 aromatic rings. The maximum absolute atomic E-state index is 12.3. The molecule has 0 saturated carbocycles. The van der Waals surface area contributed by atoms with Gasteiger partial charge in [-0.1, -0.05) is 20.8 Å². The molecule has 1 atom stereocenters. The molecule has 1 amide bonds. The van der Waals surface area contributed by atoms with E-state index >= 15 is 0 Å². The highest BCUT2D eigenvalue weighted by atomic mass is 32.1. The van der Waals surface area contributed by atoms with Crippen molar-refractivity contribution in [2.45, 2.75) is 39.2 Å². The van der Waals surface area contributed by atoms with Crippen LogP contribution in [0.3, 0.4) is 0 Å². The van der Waals surface area contributed by atoms with Crippen LogP contribution in [0, 0.1) is 0 Å². The molecule has 1 aliphatic rings. The van der Waals surface area contributed by atoms with Gasteiger partial charge in [0.25, 0.3) is 0 Å². The van der Waals surface area contributed by atoms with Gasteiger partial charge in [0, 0.05) is 30.0 Å². The van der Waals surface area contributed by atoms with E-state index in [0.29, 0.717) is 31.4 Å². The summed E-state index contributed by atoms with van der Waals surface area (Å²) in [4.78, 5) is 18.5. The third-order valence-corrected chi connectivity index (χ3v) is 3.78. The van der Waals surface area contributed by atoms with Crippen LogP contribution >= 0.6 is 11.5 Å². The summed E-state index contributed by atoms with van der Waals surface area (Å²) in [6, 6.07) is -0.297. The molecule has 7 heteroatoms. The first-order valence-electron chi connectivity index (χ1n) is 6.85. The lowest BCUT2D eigenvalue weighted by Gasteiger charge is -2.29. The van der Waals surface area contributed by atoms with Crippen molar-refractivity contribution in [1.82, 2.24) is 14.3 Å². The molecule has 0 aliphatic carbocycles. The number of anilines is 1. The number of carbonyl (C=O) groups is 1. The van der Waals surface area contributed by atoms with Crippen LogP contribution in [0.1, 0.15) is 33.5 Å². The van der Waals surface area contributed by atoms with Crippen LogP contribution in [-0.4, -0.2) is 52.5 Å². The second-order valence-corrected chi connectivity index (χ2v) is 6.73. The second-order valence-electron chi connectivity index (χ2n) is 5.98. The second kappa shape index (κ2) is 6.05. The molecule has 2 heterocycles. The van der Waals surface area contributed by atoms with E-state index < -0.39 is 0 Å². The topological polar surface area (TPSA) is 67.4 Å². The van der Waals surface area contributed by atoms with Gasteiger partial charge in [-0.05, 0) is 6.92 Å². The number of aromatic nitrogens is 2. The normalized spacial score (nSPS) is 17.9. The summed E-state index contributed by atoms with van der Waals surface area (Å²) >= 11 is 1.30. The van der Waals surface area contributed by atoms with Gasteiger partial charge in [-0.2, -0.15) is 4.37 Å². The van der Waals surface area contributed by atoms with Crippen LogP contribution in [0.25, 0.3) is 0 Å². The highest BCUT2D eigenvalue weighted by molar-refractivity contribution is 7.09. The number of carbonyl (C=O) groups excluding carboxylic acids is 1. The number of amides is 1. The fraction of sp³-hybridized carbons (Fsp3) is 0.769. The Labute approximate surface area is 123 Å². The van der Waals surface area contributed by atoms with Gasteiger partial charge in [0.15, 0.2) is 0 Å². The molecule has 1 aliphatic heterocycles. The summed E-state index contributed by atoms with van der Waals surface area (Å²) in [5.74, 6) is 0.886. The molecule has 1 aromatic heterocycles. The van der Waals surface area contributed by atoms with Gasteiger partial charge in [0.05, 0.1) is 13.2 Å². The zero-order valence-electron chi connectivity index (χ0n) is 12.5. The number of nitrogens with one attached hydrogen (secondary N) is 1. The van der Waals surface area contributed by atoms with E-state index in [-0.39, 0.29) is 17.4 Å². The maximum atomic E-state index is 12.3. The Kier molecular flexibility index (Phi) is 4.59. The summed E-state index contributed by atoms with van der Waals surface area (Å²) in [6.45, 7) is 10.6. The van der Waals surface area contributed by atoms with Gasteiger partial charge < -0.3 is 15.0 Å². The van der Waals surface area contributed by atoms with Gasteiger partial charge in [-0.3, -0.25) is 4.79 Å². The Hall–Kier alpha value is -1.21. The number of hydrogen-bond acceptors (Lipinski definition) is 6. The Morgan fingerprint density at radius 2 is 2.05 bits per heavy atom. The zero-order valence-corrected chi connectivity index (χ0v) is 13.3. The fourth-order valence-corrected chi connectivity index (χ4v) is 2.74. The van der Waals surface area contributed by atoms with Gasteiger partial charge in [-0.25, -0.2) is 4.98 Å². The highest BCUT2D eigenvalue weighted by Crippen LogP contribution is 2.23. The van der Waals surface area contributed by atoms with Crippen LogP contribution in [0.4, 0.5) is 5.13 Å². The fourth-order valence-electron chi connectivity index (χ4n) is 1.89. The summed E-state index contributed by atoms with van der Waals surface area (Å²) in [5.41, 5.74) is -0.0755. The monoisotopic (exact) mass is 298 g/mol. The number of nitrogens with zero attached hydrogens (tertiary/aromatic N) is 3. The van der Waals surface area contributed by atoms with Crippen molar-refractivity contribution in [3.63, 3.8) is 0 Å². The van der Waals surface area contributed by atoms with Crippen molar-refractivity contribution in [2.75, 3.05) is 31.6 Å². The summed E-state index contributed by atoms with van der Waals surface area (Å²) < 4.78 is 9.59. The molecule has 0 aromatic carbocycles. The molecule has 20 heavy (non-hydrogen) atoms. The molecule has 0 bridgehead atoms. The molecule has 1 unspecified atom stereocenters. The predicted octanol–water partition coefficient (Wildman–Crippen LogP) is 1.49. The predicted molar refractivity (Wildman–Crippen MR) is 79.1 cm³/mol. The summed E-state index contributed by atoms with van der Waals surface area (Å²) in [7, 11) is 0. The van der Waals surface area contributed by atoms with E-state index in [1.165, 1.54) is 11.5 Å². The number of ether oxygens (including phenoxy) is 1. The number of morpholine rings is 1. The molecule has 2 rings (SSSR count). The Morgan fingerprint density at radius 1 is 1.40 bits per heavy atom. The van der Waals surface area contributed by atoms with Crippen LogP contribution in [-0.2, 0) is 14.9 Å². The highest BCUT2D eigenvalue weighted by Gasteiger charge is 2.24. The van der Waals surface area contributed by atoms with E-state index in [0.717, 1.165) is 5.82 Å². The third kappa shape index (κ3) is 3.67. The van der Waals surface area contributed by atoms with Crippen LogP contribution in [0.2, 0.25) is 0 Å². The minimum absolute atomic E-state index is 0.0755. The quantitative estimate of drug-likeness (QED) is 0.916. The molecule has 6 nitrogen and oxygen atoms in total. The maximum Gasteiger partial charge on any atom is 0.244 e. The van der Waals surface area contributed by atoms with Gasteiger partial charge in [-0.15, -0.1) is 0 Å². The van der Waals surface area contributed by atoms with E-state index in [9.17, 15) is 4.79 Å². The first-order valence-corrected chi connectivity index (χ1v) is 7.62. The molecule has 0 spiro atoms. The molecule has 1 N–H and O–H groups in total. The van der Waals surface area contributed by atoms with Crippen LogP contribution < -0.4 is 5.32 Å². The minimum Gasteiger partial charge on any atom is -0.378 e. The molecule has 112 valence electrons.